The minimum absolute atomic E-state index is 0.338. The smallest absolute Gasteiger partial charge is 0.0468 e. The Morgan fingerprint density at radius 3 is 2.89 bits per heavy atom. The van der Waals surface area contributed by atoms with Crippen LogP contribution in [0.5, 0.6) is 0 Å². The zero-order chi connectivity index (χ0) is 13.8. The van der Waals surface area contributed by atoms with Crippen molar-refractivity contribution in [2.24, 2.45) is 11.7 Å². The first-order valence-electron chi connectivity index (χ1n) is 7.01. The van der Waals surface area contributed by atoms with Gasteiger partial charge < -0.3 is 5.73 Å². The van der Waals surface area contributed by atoms with Crippen LogP contribution in [0.3, 0.4) is 0 Å². The highest BCUT2D eigenvalue weighted by Gasteiger charge is 2.24. The van der Waals surface area contributed by atoms with E-state index < -0.39 is 0 Å². The zero-order valence-corrected chi connectivity index (χ0v) is 12.9. The molecule has 0 amide bonds. The molecule has 2 rings (SSSR count). The molecule has 4 heteroatoms. The summed E-state index contributed by atoms with van der Waals surface area (Å²) in [5.41, 5.74) is 6.84. The van der Waals surface area contributed by atoms with Gasteiger partial charge in [-0.1, -0.05) is 29.3 Å². The molecular weight excluding hydrogens is 279 g/mol. The third-order valence-corrected chi connectivity index (χ3v) is 4.65. The highest BCUT2D eigenvalue weighted by atomic mass is 35.5. The fourth-order valence-corrected chi connectivity index (χ4v) is 3.52. The van der Waals surface area contributed by atoms with Crippen LogP contribution in [-0.4, -0.2) is 24.5 Å². The van der Waals surface area contributed by atoms with Crippen molar-refractivity contribution in [2.75, 3.05) is 19.6 Å². The Morgan fingerprint density at radius 1 is 1.42 bits per heavy atom. The van der Waals surface area contributed by atoms with Gasteiger partial charge in [-0.2, -0.15) is 0 Å². The van der Waals surface area contributed by atoms with E-state index in [-0.39, 0.29) is 0 Å². The summed E-state index contributed by atoms with van der Waals surface area (Å²) in [5, 5.41) is 1.46. The lowest BCUT2D eigenvalue weighted by molar-refractivity contribution is 0.128. The topological polar surface area (TPSA) is 29.3 Å². The highest BCUT2D eigenvalue weighted by molar-refractivity contribution is 6.35. The van der Waals surface area contributed by atoms with Gasteiger partial charge in [-0.25, -0.2) is 0 Å². The lowest BCUT2D eigenvalue weighted by Gasteiger charge is -2.37. The average molecular weight is 301 g/mol. The molecule has 0 spiro atoms. The second-order valence-electron chi connectivity index (χ2n) is 5.42. The first-order valence-corrected chi connectivity index (χ1v) is 7.76. The molecule has 2 unspecified atom stereocenters. The van der Waals surface area contributed by atoms with Crippen molar-refractivity contribution < 1.29 is 0 Å². The largest absolute Gasteiger partial charge is 0.330 e. The SMILES string of the molecule is CC(c1ccc(Cl)cc1Cl)N1CCCC(CCN)C1. The maximum atomic E-state index is 6.31. The Hall–Kier alpha value is -0.280. The Labute approximate surface area is 125 Å². The molecule has 0 bridgehead atoms. The summed E-state index contributed by atoms with van der Waals surface area (Å²) in [6, 6.07) is 6.13. The van der Waals surface area contributed by atoms with Crippen LogP contribution in [0.1, 0.15) is 37.8 Å². The van der Waals surface area contributed by atoms with Gasteiger partial charge in [-0.3, -0.25) is 4.90 Å². The second-order valence-corrected chi connectivity index (χ2v) is 6.27. The van der Waals surface area contributed by atoms with E-state index >= 15 is 0 Å². The summed E-state index contributed by atoms with van der Waals surface area (Å²) in [7, 11) is 0. The van der Waals surface area contributed by atoms with Crippen molar-refractivity contribution in [1.29, 1.82) is 0 Å². The third kappa shape index (κ3) is 3.85. The van der Waals surface area contributed by atoms with E-state index in [1.807, 2.05) is 18.2 Å². The number of hydrogen-bond donors (Lipinski definition) is 1. The molecule has 1 aromatic carbocycles. The molecule has 0 aliphatic carbocycles. The maximum absolute atomic E-state index is 6.31. The summed E-state index contributed by atoms with van der Waals surface area (Å²) in [6.07, 6.45) is 3.67. The number of benzene rings is 1. The molecule has 19 heavy (non-hydrogen) atoms. The highest BCUT2D eigenvalue weighted by Crippen LogP contribution is 2.32. The van der Waals surface area contributed by atoms with Crippen LogP contribution in [0.2, 0.25) is 10.0 Å². The Morgan fingerprint density at radius 2 is 2.21 bits per heavy atom. The fourth-order valence-electron chi connectivity index (χ4n) is 2.96. The van der Waals surface area contributed by atoms with Gasteiger partial charge in [-0.05, 0) is 62.9 Å². The molecule has 1 fully saturated rings. The van der Waals surface area contributed by atoms with Gasteiger partial charge >= 0.3 is 0 Å². The summed E-state index contributed by atoms with van der Waals surface area (Å²) >= 11 is 12.3. The third-order valence-electron chi connectivity index (χ3n) is 4.09. The van der Waals surface area contributed by atoms with Crippen LogP contribution in [0.15, 0.2) is 18.2 Å². The van der Waals surface area contributed by atoms with Crippen molar-refractivity contribution >= 4 is 23.2 Å². The number of likely N-dealkylation sites (tertiary alicyclic amines) is 1. The predicted octanol–water partition coefficient (Wildman–Crippen LogP) is 4.12. The lowest BCUT2D eigenvalue weighted by Crippen LogP contribution is -2.38. The molecule has 106 valence electrons. The number of piperidine rings is 1. The van der Waals surface area contributed by atoms with Crippen LogP contribution in [0, 0.1) is 5.92 Å². The molecule has 1 aliphatic heterocycles. The van der Waals surface area contributed by atoms with Crippen molar-refractivity contribution in [1.82, 2.24) is 4.90 Å². The van der Waals surface area contributed by atoms with Crippen LogP contribution in [0.25, 0.3) is 0 Å². The van der Waals surface area contributed by atoms with Crippen LogP contribution < -0.4 is 5.73 Å². The Bertz CT molecular complexity index is 421. The number of nitrogens with two attached hydrogens (primary N) is 1. The van der Waals surface area contributed by atoms with Gasteiger partial charge in [0.05, 0.1) is 0 Å². The lowest BCUT2D eigenvalue weighted by atomic mass is 9.93. The number of hydrogen-bond acceptors (Lipinski definition) is 2. The molecule has 1 saturated heterocycles. The first kappa shape index (κ1) is 15.1. The molecule has 0 saturated carbocycles. The van der Waals surface area contributed by atoms with Gasteiger partial charge in [0.2, 0.25) is 0 Å². The number of halogens is 2. The minimum atomic E-state index is 0.338. The van der Waals surface area contributed by atoms with E-state index in [1.54, 1.807) is 0 Å². The van der Waals surface area contributed by atoms with Gasteiger partial charge in [0.15, 0.2) is 0 Å². The van der Waals surface area contributed by atoms with Gasteiger partial charge in [0, 0.05) is 22.6 Å². The first-order chi connectivity index (χ1) is 9.11. The molecule has 0 aromatic heterocycles. The van der Waals surface area contributed by atoms with Gasteiger partial charge in [0.25, 0.3) is 0 Å². The van der Waals surface area contributed by atoms with E-state index in [4.69, 9.17) is 28.9 Å². The van der Waals surface area contributed by atoms with E-state index in [2.05, 4.69) is 11.8 Å². The van der Waals surface area contributed by atoms with Crippen molar-refractivity contribution in [3.63, 3.8) is 0 Å². The minimum Gasteiger partial charge on any atom is -0.330 e. The van der Waals surface area contributed by atoms with Crippen molar-refractivity contribution in [3.8, 4) is 0 Å². The van der Waals surface area contributed by atoms with Crippen LogP contribution >= 0.6 is 23.2 Å². The monoisotopic (exact) mass is 300 g/mol. The van der Waals surface area contributed by atoms with Crippen LogP contribution in [0.4, 0.5) is 0 Å². The molecule has 0 radical (unpaired) electrons. The maximum Gasteiger partial charge on any atom is 0.0468 e. The average Bonchev–Trinajstić information content (AvgIpc) is 2.39. The fraction of sp³-hybridized carbons (Fsp3) is 0.600. The molecule has 1 aliphatic rings. The van der Waals surface area contributed by atoms with Gasteiger partial charge in [0.1, 0.15) is 0 Å². The Balaban J connectivity index is 2.07. The number of rotatable bonds is 4. The van der Waals surface area contributed by atoms with Crippen molar-refractivity contribution in [3.05, 3.63) is 33.8 Å². The zero-order valence-electron chi connectivity index (χ0n) is 11.4. The molecule has 2 nitrogen and oxygen atoms in total. The normalized spacial score (nSPS) is 22.4. The molecular formula is C15H22Cl2N2. The predicted molar refractivity (Wildman–Crippen MR) is 82.8 cm³/mol. The summed E-state index contributed by atoms with van der Waals surface area (Å²) in [4.78, 5) is 2.51. The van der Waals surface area contributed by atoms with Gasteiger partial charge in [-0.15, -0.1) is 0 Å². The summed E-state index contributed by atoms with van der Waals surface area (Å²) in [6.45, 7) is 5.27. The van der Waals surface area contributed by atoms with E-state index in [9.17, 15) is 0 Å². The number of nitrogens with zero attached hydrogens (tertiary/aromatic N) is 1. The van der Waals surface area contributed by atoms with Crippen molar-refractivity contribution in [2.45, 2.75) is 32.2 Å². The Kier molecular flexibility index (Phi) is 5.52. The quantitative estimate of drug-likeness (QED) is 0.906. The summed E-state index contributed by atoms with van der Waals surface area (Å²) in [5.74, 6) is 0.729. The van der Waals surface area contributed by atoms with Crippen LogP contribution in [-0.2, 0) is 0 Å². The summed E-state index contributed by atoms with van der Waals surface area (Å²) < 4.78 is 0. The molecule has 1 heterocycles. The van der Waals surface area contributed by atoms with E-state index in [0.717, 1.165) is 37.0 Å². The van der Waals surface area contributed by atoms with E-state index in [1.165, 1.54) is 18.4 Å². The molecule has 1 aromatic rings. The van der Waals surface area contributed by atoms with E-state index in [0.29, 0.717) is 11.1 Å². The standard InChI is InChI=1S/C15H22Cl2N2/c1-11(14-5-4-13(16)9-15(14)17)19-8-2-3-12(10-19)6-7-18/h4-5,9,11-12H,2-3,6-8,10,18H2,1H3. The second kappa shape index (κ2) is 6.94. The molecule has 2 N–H and O–H groups in total. The molecule has 2 atom stereocenters.